The average molecular weight is 363 g/mol. The first kappa shape index (κ1) is 17.3. The van der Waals surface area contributed by atoms with Crippen molar-refractivity contribution in [3.63, 3.8) is 0 Å². The Morgan fingerprint density at radius 3 is 2.48 bits per heavy atom. The first-order valence-electron chi connectivity index (χ1n) is 9.10. The Balaban J connectivity index is 1.43. The van der Waals surface area contributed by atoms with Crippen molar-refractivity contribution in [3.05, 3.63) is 72.2 Å². The fraction of sp³-hybridized carbons (Fsp3) is 0.238. The molecule has 6 heteroatoms. The molecule has 0 bridgehead atoms. The van der Waals surface area contributed by atoms with Crippen molar-refractivity contribution in [2.75, 3.05) is 41.3 Å². The predicted octanol–water partition coefficient (Wildman–Crippen LogP) is 3.99. The molecule has 0 unspecified atom stereocenters. The van der Waals surface area contributed by atoms with E-state index in [0.29, 0.717) is 11.6 Å². The van der Waals surface area contributed by atoms with Gasteiger partial charge < -0.3 is 15.1 Å². The fourth-order valence-corrected chi connectivity index (χ4v) is 3.30. The van der Waals surface area contributed by atoms with Gasteiger partial charge in [0.2, 0.25) is 5.95 Å². The molecule has 2 aromatic carbocycles. The van der Waals surface area contributed by atoms with Crippen LogP contribution in [0.1, 0.15) is 5.56 Å². The van der Waals surface area contributed by atoms with Gasteiger partial charge in [-0.25, -0.2) is 9.37 Å². The highest BCUT2D eigenvalue weighted by Crippen LogP contribution is 2.22. The normalized spacial score (nSPS) is 14.3. The summed E-state index contributed by atoms with van der Waals surface area (Å²) in [6.45, 7) is 5.04. The monoisotopic (exact) mass is 363 g/mol. The molecule has 4 rings (SSSR count). The molecule has 0 saturated carbocycles. The van der Waals surface area contributed by atoms with Crippen LogP contribution in [0, 0.1) is 12.7 Å². The molecule has 0 spiro atoms. The smallest absolute Gasteiger partial charge is 0.227 e. The first-order chi connectivity index (χ1) is 13.2. The molecule has 2 heterocycles. The summed E-state index contributed by atoms with van der Waals surface area (Å²) < 4.78 is 14.0. The molecule has 1 aliphatic heterocycles. The third-order valence-corrected chi connectivity index (χ3v) is 4.69. The summed E-state index contributed by atoms with van der Waals surface area (Å²) in [4.78, 5) is 13.3. The number of anilines is 4. The van der Waals surface area contributed by atoms with E-state index in [1.807, 2.05) is 30.3 Å². The molecule has 0 atom stereocenters. The van der Waals surface area contributed by atoms with E-state index in [1.54, 1.807) is 12.3 Å². The third-order valence-electron chi connectivity index (χ3n) is 4.69. The summed E-state index contributed by atoms with van der Waals surface area (Å²) in [7, 11) is 0. The molecule has 1 saturated heterocycles. The van der Waals surface area contributed by atoms with Crippen LogP contribution in [0.3, 0.4) is 0 Å². The van der Waals surface area contributed by atoms with Crippen LogP contribution in [0.2, 0.25) is 0 Å². The molecular weight excluding hydrogens is 341 g/mol. The van der Waals surface area contributed by atoms with Crippen LogP contribution >= 0.6 is 0 Å². The van der Waals surface area contributed by atoms with Crippen LogP contribution in [0.15, 0.2) is 60.8 Å². The molecule has 0 amide bonds. The summed E-state index contributed by atoms with van der Waals surface area (Å²) in [6.07, 6.45) is 1.77. The number of rotatable bonds is 4. The van der Waals surface area contributed by atoms with Gasteiger partial charge >= 0.3 is 0 Å². The van der Waals surface area contributed by atoms with Gasteiger partial charge in [0.25, 0.3) is 0 Å². The zero-order chi connectivity index (χ0) is 18.6. The van der Waals surface area contributed by atoms with Gasteiger partial charge in [0.15, 0.2) is 0 Å². The number of aryl methyl sites for hydroxylation is 1. The number of hydrogen-bond donors (Lipinski definition) is 1. The van der Waals surface area contributed by atoms with Crippen molar-refractivity contribution in [2.45, 2.75) is 6.92 Å². The standard InChI is InChI=1S/C21H22FN5/c1-16-5-4-6-17(15-16)24-20-9-10-23-21(25-20)27-13-11-26(12-14-27)19-8-3-2-7-18(19)22/h2-10,15H,11-14H2,1H3,(H,23,24,25). The van der Waals surface area contributed by atoms with Gasteiger partial charge in [0, 0.05) is 38.1 Å². The van der Waals surface area contributed by atoms with Crippen molar-refractivity contribution in [3.8, 4) is 0 Å². The topological polar surface area (TPSA) is 44.3 Å². The van der Waals surface area contributed by atoms with Gasteiger partial charge in [-0.1, -0.05) is 24.3 Å². The Labute approximate surface area is 158 Å². The molecule has 0 radical (unpaired) electrons. The largest absolute Gasteiger partial charge is 0.366 e. The SMILES string of the molecule is Cc1cccc(Nc2ccnc(N3CCN(c4ccccc4F)CC3)n2)c1. The maximum atomic E-state index is 14.0. The summed E-state index contributed by atoms with van der Waals surface area (Å²) in [5.74, 6) is 1.29. The third kappa shape index (κ3) is 4.00. The number of piperazine rings is 1. The lowest BCUT2D eigenvalue weighted by Gasteiger charge is -2.36. The maximum Gasteiger partial charge on any atom is 0.227 e. The van der Waals surface area contributed by atoms with E-state index in [4.69, 9.17) is 0 Å². The van der Waals surface area contributed by atoms with E-state index < -0.39 is 0 Å². The molecule has 27 heavy (non-hydrogen) atoms. The minimum atomic E-state index is -0.174. The van der Waals surface area contributed by atoms with Crippen LogP contribution < -0.4 is 15.1 Å². The van der Waals surface area contributed by atoms with Crippen LogP contribution in [0.4, 0.5) is 27.5 Å². The van der Waals surface area contributed by atoms with Crippen LogP contribution in [0.25, 0.3) is 0 Å². The van der Waals surface area contributed by atoms with E-state index in [9.17, 15) is 4.39 Å². The fourth-order valence-electron chi connectivity index (χ4n) is 3.30. The minimum absolute atomic E-state index is 0.174. The van der Waals surface area contributed by atoms with Crippen molar-refractivity contribution in [1.29, 1.82) is 0 Å². The van der Waals surface area contributed by atoms with Crippen LogP contribution in [-0.2, 0) is 0 Å². The summed E-state index contributed by atoms with van der Waals surface area (Å²) in [5, 5.41) is 3.33. The zero-order valence-corrected chi connectivity index (χ0v) is 15.3. The van der Waals surface area contributed by atoms with Crippen molar-refractivity contribution >= 4 is 23.1 Å². The molecule has 3 aromatic rings. The molecule has 0 aliphatic carbocycles. The maximum absolute atomic E-state index is 14.0. The molecular formula is C21H22FN5. The Hall–Kier alpha value is -3.15. The number of aromatic nitrogens is 2. The highest BCUT2D eigenvalue weighted by atomic mass is 19.1. The molecule has 1 fully saturated rings. The van der Waals surface area contributed by atoms with Crippen LogP contribution in [0.5, 0.6) is 0 Å². The number of hydrogen-bond acceptors (Lipinski definition) is 5. The number of nitrogens with zero attached hydrogens (tertiary/aromatic N) is 4. The Bertz CT molecular complexity index is 922. The Morgan fingerprint density at radius 1 is 0.926 bits per heavy atom. The van der Waals surface area contributed by atoms with E-state index >= 15 is 0 Å². The quantitative estimate of drug-likeness (QED) is 0.759. The van der Waals surface area contributed by atoms with Gasteiger partial charge in [0.1, 0.15) is 11.6 Å². The summed E-state index contributed by atoms with van der Waals surface area (Å²) >= 11 is 0. The zero-order valence-electron chi connectivity index (χ0n) is 15.3. The van der Waals surface area contributed by atoms with Gasteiger partial charge in [0.05, 0.1) is 5.69 Å². The van der Waals surface area contributed by atoms with Crippen LogP contribution in [-0.4, -0.2) is 36.1 Å². The van der Waals surface area contributed by atoms with Crippen molar-refractivity contribution in [2.24, 2.45) is 0 Å². The Morgan fingerprint density at radius 2 is 1.70 bits per heavy atom. The highest BCUT2D eigenvalue weighted by Gasteiger charge is 2.21. The minimum Gasteiger partial charge on any atom is -0.366 e. The van der Waals surface area contributed by atoms with Crippen molar-refractivity contribution < 1.29 is 4.39 Å². The molecule has 1 aliphatic rings. The van der Waals surface area contributed by atoms with E-state index in [0.717, 1.165) is 37.7 Å². The van der Waals surface area contributed by atoms with Gasteiger partial charge in [-0.15, -0.1) is 0 Å². The lowest BCUT2D eigenvalue weighted by molar-refractivity contribution is 0.594. The average Bonchev–Trinajstić information content (AvgIpc) is 2.69. The first-order valence-corrected chi connectivity index (χ1v) is 9.10. The predicted molar refractivity (Wildman–Crippen MR) is 107 cm³/mol. The van der Waals surface area contributed by atoms with Gasteiger partial charge in [-0.05, 0) is 42.8 Å². The number of nitrogens with one attached hydrogen (secondary N) is 1. The molecule has 5 nitrogen and oxygen atoms in total. The lowest BCUT2D eigenvalue weighted by atomic mass is 10.2. The summed E-state index contributed by atoms with van der Waals surface area (Å²) in [5.41, 5.74) is 2.86. The second-order valence-corrected chi connectivity index (χ2v) is 6.66. The molecule has 1 N–H and O–H groups in total. The highest BCUT2D eigenvalue weighted by molar-refractivity contribution is 5.58. The number of para-hydroxylation sites is 1. The summed E-state index contributed by atoms with van der Waals surface area (Å²) in [6, 6.07) is 17.0. The number of benzene rings is 2. The Kier molecular flexibility index (Phi) is 4.87. The van der Waals surface area contributed by atoms with E-state index in [-0.39, 0.29) is 5.82 Å². The lowest BCUT2D eigenvalue weighted by Crippen LogP contribution is -2.47. The van der Waals surface area contributed by atoms with E-state index in [1.165, 1.54) is 11.6 Å². The van der Waals surface area contributed by atoms with Crippen molar-refractivity contribution in [1.82, 2.24) is 9.97 Å². The molecule has 138 valence electrons. The molecule has 1 aromatic heterocycles. The van der Waals surface area contributed by atoms with Gasteiger partial charge in [-0.2, -0.15) is 4.98 Å². The number of halogens is 1. The second kappa shape index (κ2) is 7.61. The second-order valence-electron chi connectivity index (χ2n) is 6.66. The van der Waals surface area contributed by atoms with Gasteiger partial charge in [-0.3, -0.25) is 0 Å². The van der Waals surface area contributed by atoms with E-state index in [2.05, 4.69) is 44.1 Å².